The molecule has 1 atom stereocenters. The quantitative estimate of drug-likeness (QED) is 0.368. The van der Waals surface area contributed by atoms with Gasteiger partial charge < -0.3 is 20.1 Å². The van der Waals surface area contributed by atoms with Crippen LogP contribution >= 0.6 is 15.9 Å². The number of hydrogen-bond donors (Lipinski definition) is 2. The summed E-state index contributed by atoms with van der Waals surface area (Å²) in [4.78, 5) is 25.4. The van der Waals surface area contributed by atoms with E-state index < -0.39 is 18.0 Å². The van der Waals surface area contributed by atoms with Crippen molar-refractivity contribution in [1.82, 2.24) is 20.4 Å². The number of benzene rings is 2. The maximum absolute atomic E-state index is 13.0. The average Bonchev–Trinajstić information content (AvgIpc) is 3.25. The van der Waals surface area contributed by atoms with Crippen LogP contribution in [-0.2, 0) is 14.3 Å². The van der Waals surface area contributed by atoms with Gasteiger partial charge in [-0.2, -0.15) is 5.10 Å². The number of methoxy groups -OCH3 is 1. The molecule has 1 aliphatic heterocycles. The lowest BCUT2D eigenvalue weighted by Crippen LogP contribution is -2.45. The lowest BCUT2D eigenvalue weighted by Gasteiger charge is -2.28. The van der Waals surface area contributed by atoms with Gasteiger partial charge in [0.15, 0.2) is 0 Å². The predicted octanol–water partition coefficient (Wildman–Crippen LogP) is 4.12. The van der Waals surface area contributed by atoms with Crippen molar-refractivity contribution in [3.8, 4) is 16.9 Å². The van der Waals surface area contributed by atoms with Crippen LogP contribution < -0.4 is 10.6 Å². The molecule has 8 nitrogen and oxygen atoms in total. The fraction of sp³-hybridized carbons (Fsp3) is 0.208. The number of carbonyl (C=O) groups excluding carboxylic acids is 2. The van der Waals surface area contributed by atoms with Crippen LogP contribution in [-0.4, -0.2) is 42.1 Å². The van der Waals surface area contributed by atoms with Gasteiger partial charge in [-0.15, -0.1) is 0 Å². The Kier molecular flexibility index (Phi) is 6.90. The first-order valence-electron chi connectivity index (χ1n) is 10.3. The van der Waals surface area contributed by atoms with Crippen molar-refractivity contribution in [2.24, 2.45) is 0 Å². The molecule has 2 aromatic carbocycles. The number of ether oxygens (including phenoxy) is 2. The van der Waals surface area contributed by atoms with E-state index in [-0.39, 0.29) is 13.2 Å². The molecule has 0 fully saturated rings. The predicted molar refractivity (Wildman–Crippen MR) is 127 cm³/mol. The average molecular weight is 511 g/mol. The number of rotatable bonds is 7. The summed E-state index contributed by atoms with van der Waals surface area (Å²) in [5.41, 5.74) is 3.77. The number of allylic oxidation sites excluding steroid dienone is 1. The Labute approximate surface area is 199 Å². The van der Waals surface area contributed by atoms with E-state index >= 15 is 0 Å². The van der Waals surface area contributed by atoms with Gasteiger partial charge in [0.05, 0.1) is 29.6 Å². The summed E-state index contributed by atoms with van der Waals surface area (Å²) in [6.45, 7) is 2.06. The minimum Gasteiger partial charge on any atom is -0.460 e. The van der Waals surface area contributed by atoms with E-state index in [0.717, 1.165) is 15.7 Å². The third-order valence-electron chi connectivity index (χ3n) is 5.20. The first-order chi connectivity index (χ1) is 16.0. The van der Waals surface area contributed by atoms with Crippen LogP contribution in [0.15, 0.2) is 76.5 Å². The second-order valence-electron chi connectivity index (χ2n) is 7.42. The lowest BCUT2D eigenvalue weighted by atomic mass is 9.94. The molecule has 1 unspecified atom stereocenters. The molecular formula is C24H23BrN4O4. The molecule has 33 heavy (non-hydrogen) atoms. The normalized spacial score (nSPS) is 15.7. The van der Waals surface area contributed by atoms with Crippen molar-refractivity contribution >= 4 is 27.9 Å². The Morgan fingerprint density at radius 3 is 2.55 bits per heavy atom. The van der Waals surface area contributed by atoms with Crippen LogP contribution in [0.2, 0.25) is 0 Å². The van der Waals surface area contributed by atoms with Crippen molar-refractivity contribution in [2.75, 3.05) is 20.3 Å². The fourth-order valence-electron chi connectivity index (χ4n) is 3.64. The van der Waals surface area contributed by atoms with Gasteiger partial charge in [0.25, 0.3) is 0 Å². The molecule has 2 amide bonds. The van der Waals surface area contributed by atoms with Crippen LogP contribution in [0.25, 0.3) is 16.9 Å². The fourth-order valence-corrected chi connectivity index (χ4v) is 3.90. The number of amides is 2. The van der Waals surface area contributed by atoms with Gasteiger partial charge in [-0.25, -0.2) is 14.3 Å². The van der Waals surface area contributed by atoms with Crippen molar-refractivity contribution in [3.05, 3.63) is 82.1 Å². The molecule has 0 spiro atoms. The van der Waals surface area contributed by atoms with Gasteiger partial charge in [0.1, 0.15) is 6.61 Å². The summed E-state index contributed by atoms with van der Waals surface area (Å²) in [5.74, 6) is -0.531. The number of hydrogen-bond acceptors (Lipinski definition) is 5. The second kappa shape index (κ2) is 10.0. The molecule has 2 N–H and O–H groups in total. The molecule has 4 rings (SSSR count). The summed E-state index contributed by atoms with van der Waals surface area (Å²) in [7, 11) is 1.53. The third-order valence-corrected chi connectivity index (χ3v) is 5.73. The van der Waals surface area contributed by atoms with E-state index in [9.17, 15) is 9.59 Å². The molecule has 0 bridgehead atoms. The number of para-hydroxylation sites is 1. The zero-order valence-electron chi connectivity index (χ0n) is 18.2. The molecule has 0 aliphatic carbocycles. The van der Waals surface area contributed by atoms with Crippen molar-refractivity contribution in [1.29, 1.82) is 0 Å². The first-order valence-corrected chi connectivity index (χ1v) is 11.1. The van der Waals surface area contributed by atoms with Crippen LogP contribution in [0.4, 0.5) is 4.79 Å². The minimum absolute atomic E-state index is 0.107. The number of aromatic nitrogens is 2. The van der Waals surface area contributed by atoms with Crippen LogP contribution in [0.3, 0.4) is 0 Å². The summed E-state index contributed by atoms with van der Waals surface area (Å²) in [5, 5.41) is 10.3. The second-order valence-corrected chi connectivity index (χ2v) is 8.33. The monoisotopic (exact) mass is 510 g/mol. The summed E-state index contributed by atoms with van der Waals surface area (Å²) in [6.07, 6.45) is 1.83. The van der Waals surface area contributed by atoms with Crippen LogP contribution in [0, 0.1) is 0 Å². The van der Waals surface area contributed by atoms with E-state index in [2.05, 4.69) is 26.6 Å². The SMILES string of the molecule is COCCOC(=O)C1=C(C)NC(=O)NC1c1cn(-c2ccccc2)nc1-c1ccc(Br)cc1. The van der Waals surface area contributed by atoms with E-state index in [1.165, 1.54) is 7.11 Å². The van der Waals surface area contributed by atoms with Gasteiger partial charge in [-0.05, 0) is 31.2 Å². The molecule has 1 aromatic heterocycles. The molecule has 3 aromatic rings. The number of esters is 1. The number of urea groups is 1. The Hall–Kier alpha value is -3.43. The highest BCUT2D eigenvalue weighted by atomic mass is 79.9. The standard InChI is InChI=1S/C24H23BrN4O4/c1-15-20(23(30)33-13-12-32-2)22(27-24(31)26-15)19-14-29(18-6-4-3-5-7-18)28-21(19)16-8-10-17(25)11-9-16/h3-11,14,22H,12-13H2,1-2H3,(H2,26,27,31). The molecule has 0 radical (unpaired) electrons. The number of nitrogens with zero attached hydrogens (tertiary/aromatic N) is 2. The maximum atomic E-state index is 13.0. The van der Waals surface area contributed by atoms with E-state index in [4.69, 9.17) is 14.6 Å². The highest BCUT2D eigenvalue weighted by Gasteiger charge is 2.35. The summed E-state index contributed by atoms with van der Waals surface area (Å²) >= 11 is 3.46. The number of halogens is 1. The van der Waals surface area contributed by atoms with Gasteiger partial charge in [-0.3, -0.25) is 0 Å². The van der Waals surface area contributed by atoms with Gasteiger partial charge in [-0.1, -0.05) is 46.3 Å². The van der Waals surface area contributed by atoms with Gasteiger partial charge >= 0.3 is 12.0 Å². The van der Waals surface area contributed by atoms with Crippen molar-refractivity contribution in [3.63, 3.8) is 0 Å². The van der Waals surface area contributed by atoms with Crippen LogP contribution in [0.5, 0.6) is 0 Å². The van der Waals surface area contributed by atoms with Crippen molar-refractivity contribution < 1.29 is 19.1 Å². The minimum atomic E-state index is -0.745. The number of nitrogens with one attached hydrogen (secondary N) is 2. The molecule has 2 heterocycles. The van der Waals surface area contributed by atoms with E-state index in [1.54, 1.807) is 11.6 Å². The number of carbonyl (C=O) groups is 2. The maximum Gasteiger partial charge on any atom is 0.338 e. The van der Waals surface area contributed by atoms with Crippen molar-refractivity contribution in [2.45, 2.75) is 13.0 Å². The lowest BCUT2D eigenvalue weighted by molar-refractivity contribution is -0.140. The Morgan fingerprint density at radius 1 is 1.12 bits per heavy atom. The molecule has 0 saturated heterocycles. The summed E-state index contributed by atoms with van der Waals surface area (Å²) in [6, 6.07) is 16.2. The topological polar surface area (TPSA) is 94.5 Å². The molecular weight excluding hydrogens is 488 g/mol. The van der Waals surface area contributed by atoms with E-state index in [1.807, 2.05) is 60.8 Å². The third kappa shape index (κ3) is 4.99. The van der Waals surface area contributed by atoms with Crippen LogP contribution in [0.1, 0.15) is 18.5 Å². The molecule has 9 heteroatoms. The Bertz CT molecular complexity index is 1190. The Morgan fingerprint density at radius 2 is 1.85 bits per heavy atom. The van der Waals surface area contributed by atoms with Gasteiger partial charge in [0.2, 0.25) is 0 Å². The van der Waals surface area contributed by atoms with E-state index in [0.29, 0.717) is 22.5 Å². The molecule has 170 valence electrons. The molecule has 1 aliphatic rings. The van der Waals surface area contributed by atoms with Gasteiger partial charge in [0, 0.05) is 34.6 Å². The largest absolute Gasteiger partial charge is 0.460 e. The zero-order chi connectivity index (χ0) is 23.4. The Balaban J connectivity index is 1.83. The summed E-state index contributed by atoms with van der Waals surface area (Å²) < 4.78 is 13.0. The molecule has 0 saturated carbocycles. The smallest absolute Gasteiger partial charge is 0.338 e. The highest BCUT2D eigenvalue weighted by Crippen LogP contribution is 2.35. The first kappa shape index (κ1) is 22.8. The zero-order valence-corrected chi connectivity index (χ0v) is 19.8. The highest BCUT2D eigenvalue weighted by molar-refractivity contribution is 9.10.